The topological polar surface area (TPSA) is 86.8 Å². The summed E-state index contributed by atoms with van der Waals surface area (Å²) in [4.78, 5) is 27.5. The minimum absolute atomic E-state index is 0.0390. The van der Waals surface area contributed by atoms with Crippen molar-refractivity contribution in [3.8, 4) is 0 Å². The highest BCUT2D eigenvalue weighted by Gasteiger charge is 2.31. The Hall–Kier alpha value is -2.29. The van der Waals surface area contributed by atoms with Gasteiger partial charge in [0.15, 0.2) is 0 Å². The van der Waals surface area contributed by atoms with E-state index in [1.807, 2.05) is 26.0 Å². The number of benzene rings is 2. The van der Waals surface area contributed by atoms with Gasteiger partial charge in [0, 0.05) is 13.1 Å². The summed E-state index contributed by atoms with van der Waals surface area (Å²) in [5.74, 6) is -0.824. The van der Waals surface area contributed by atoms with Gasteiger partial charge in [-0.3, -0.25) is 13.9 Å². The molecule has 0 fully saturated rings. The third-order valence-corrected chi connectivity index (χ3v) is 7.23. The molecule has 1 atom stereocenters. The third kappa shape index (κ3) is 7.10. The second-order valence-corrected chi connectivity index (χ2v) is 11.0. The number of hydrogen-bond donors (Lipinski definition) is 1. The lowest BCUT2D eigenvalue weighted by Crippen LogP contribution is -2.51. The number of rotatable bonds is 10. The zero-order chi connectivity index (χ0) is 25.6. The van der Waals surface area contributed by atoms with Crippen LogP contribution in [0.2, 0.25) is 10.0 Å². The lowest BCUT2D eigenvalue weighted by atomic mass is 10.0. The zero-order valence-corrected chi connectivity index (χ0v) is 22.3. The highest BCUT2D eigenvalue weighted by atomic mass is 35.5. The van der Waals surface area contributed by atoms with Gasteiger partial charge in [0.25, 0.3) is 0 Å². The average molecular weight is 529 g/mol. The smallest absolute Gasteiger partial charge is 0.244 e. The normalized spacial score (nSPS) is 12.4. The van der Waals surface area contributed by atoms with E-state index in [9.17, 15) is 18.0 Å². The maximum absolute atomic E-state index is 13.5. The monoisotopic (exact) mass is 527 g/mol. The summed E-state index contributed by atoms with van der Waals surface area (Å²) in [6.45, 7) is 7.29. The lowest BCUT2D eigenvalue weighted by molar-refractivity contribution is -0.139. The van der Waals surface area contributed by atoms with Crippen molar-refractivity contribution in [3.63, 3.8) is 0 Å². The molecule has 0 radical (unpaired) electrons. The van der Waals surface area contributed by atoms with Crippen molar-refractivity contribution in [2.45, 2.75) is 46.2 Å². The maximum atomic E-state index is 13.5. The first-order chi connectivity index (χ1) is 15.9. The third-order valence-electron chi connectivity index (χ3n) is 5.36. The number of halogens is 2. The molecule has 0 aliphatic carbocycles. The Morgan fingerprint density at radius 3 is 2.24 bits per heavy atom. The number of amides is 2. The molecule has 186 valence electrons. The van der Waals surface area contributed by atoms with Gasteiger partial charge in [-0.1, -0.05) is 61.3 Å². The van der Waals surface area contributed by atoms with Crippen LogP contribution in [0.25, 0.3) is 0 Å². The summed E-state index contributed by atoms with van der Waals surface area (Å²) in [6.07, 6.45) is 1.06. The number of nitrogens with one attached hydrogen (secondary N) is 1. The summed E-state index contributed by atoms with van der Waals surface area (Å²) in [5.41, 5.74) is 1.90. The minimum Gasteiger partial charge on any atom is -0.355 e. The predicted octanol–water partition coefficient (Wildman–Crippen LogP) is 4.44. The number of carbonyl (C=O) groups is 2. The standard InChI is InChI=1S/C24H31Cl2N3O4S/c1-6-27-24(31)17(4)28(14-18-11-12-20(25)21(26)13-18)23(30)15-29(34(5,32)33)22-10-8-7-9-19(22)16(2)3/h7-13,16-17H,6,14-15H2,1-5H3,(H,27,31). The van der Waals surface area contributed by atoms with Crippen molar-refractivity contribution in [1.29, 1.82) is 0 Å². The zero-order valence-electron chi connectivity index (χ0n) is 20.0. The van der Waals surface area contributed by atoms with Gasteiger partial charge in [-0.15, -0.1) is 0 Å². The molecule has 2 rings (SSSR count). The molecule has 0 heterocycles. The van der Waals surface area contributed by atoms with Crippen molar-refractivity contribution < 1.29 is 18.0 Å². The number of para-hydroxylation sites is 1. The highest BCUT2D eigenvalue weighted by molar-refractivity contribution is 7.92. The first-order valence-corrected chi connectivity index (χ1v) is 13.5. The van der Waals surface area contributed by atoms with Crippen molar-refractivity contribution >= 4 is 50.7 Å². The Balaban J connectivity index is 2.47. The van der Waals surface area contributed by atoms with Crippen molar-refractivity contribution in [3.05, 3.63) is 63.6 Å². The first kappa shape index (κ1) is 28.0. The molecule has 0 aliphatic heterocycles. The van der Waals surface area contributed by atoms with Crippen LogP contribution in [0.5, 0.6) is 0 Å². The Bertz CT molecular complexity index is 1140. The number of likely N-dealkylation sites (N-methyl/N-ethyl adjacent to an activating group) is 1. The number of carbonyl (C=O) groups excluding carboxylic acids is 2. The van der Waals surface area contributed by atoms with Crippen molar-refractivity contribution in [2.75, 3.05) is 23.7 Å². The molecule has 2 amide bonds. The van der Waals surface area contributed by atoms with Crippen LogP contribution in [0.15, 0.2) is 42.5 Å². The summed E-state index contributed by atoms with van der Waals surface area (Å²) in [7, 11) is -3.80. The van der Waals surface area contributed by atoms with Crippen molar-refractivity contribution in [1.82, 2.24) is 10.2 Å². The molecule has 7 nitrogen and oxygen atoms in total. The van der Waals surface area contributed by atoms with E-state index in [-0.39, 0.29) is 18.4 Å². The fraction of sp³-hybridized carbons (Fsp3) is 0.417. The van der Waals surface area contributed by atoms with Crippen LogP contribution in [0.4, 0.5) is 5.69 Å². The van der Waals surface area contributed by atoms with Gasteiger partial charge in [-0.25, -0.2) is 8.42 Å². The molecule has 34 heavy (non-hydrogen) atoms. The summed E-state index contributed by atoms with van der Waals surface area (Å²) in [5, 5.41) is 3.40. The van der Waals surface area contributed by atoms with E-state index < -0.39 is 28.5 Å². The lowest BCUT2D eigenvalue weighted by Gasteiger charge is -2.32. The quantitative estimate of drug-likeness (QED) is 0.494. The van der Waals surface area contributed by atoms with Crippen LogP contribution in [-0.4, -0.2) is 50.5 Å². The highest BCUT2D eigenvalue weighted by Crippen LogP contribution is 2.29. The Morgan fingerprint density at radius 2 is 1.68 bits per heavy atom. The maximum Gasteiger partial charge on any atom is 0.244 e. The van der Waals surface area contributed by atoms with Gasteiger partial charge in [0.05, 0.1) is 22.0 Å². The van der Waals surface area contributed by atoms with Gasteiger partial charge >= 0.3 is 0 Å². The van der Waals surface area contributed by atoms with E-state index in [1.165, 1.54) is 4.90 Å². The Kier molecular flexibility index (Phi) is 9.79. The molecule has 1 N–H and O–H groups in total. The molecule has 2 aromatic carbocycles. The van der Waals surface area contributed by atoms with Crippen LogP contribution in [0.3, 0.4) is 0 Å². The molecule has 0 saturated carbocycles. The molecule has 1 unspecified atom stereocenters. The molecule has 0 bridgehead atoms. The first-order valence-electron chi connectivity index (χ1n) is 10.9. The van der Waals surface area contributed by atoms with E-state index in [0.29, 0.717) is 27.8 Å². The predicted molar refractivity (Wildman–Crippen MR) is 138 cm³/mol. The van der Waals surface area contributed by atoms with Gasteiger partial charge in [0.2, 0.25) is 21.8 Å². The second-order valence-electron chi connectivity index (χ2n) is 8.32. The minimum atomic E-state index is -3.80. The molecule has 0 aliphatic rings. The molecule has 2 aromatic rings. The number of anilines is 1. The largest absolute Gasteiger partial charge is 0.355 e. The van der Waals surface area contributed by atoms with E-state index >= 15 is 0 Å². The summed E-state index contributed by atoms with van der Waals surface area (Å²) < 4.78 is 26.6. The van der Waals surface area contributed by atoms with Gasteiger partial charge < -0.3 is 10.2 Å². The Labute approximate surface area is 212 Å². The van der Waals surface area contributed by atoms with Crippen LogP contribution in [0, 0.1) is 0 Å². The second kappa shape index (κ2) is 11.9. The molecule has 0 saturated heterocycles. The van der Waals surface area contributed by atoms with Gasteiger partial charge in [0.1, 0.15) is 12.6 Å². The fourth-order valence-corrected chi connectivity index (χ4v) is 4.73. The van der Waals surface area contributed by atoms with E-state index in [2.05, 4.69) is 5.32 Å². The molecular formula is C24H31Cl2N3O4S. The van der Waals surface area contributed by atoms with Gasteiger partial charge in [-0.2, -0.15) is 0 Å². The van der Waals surface area contributed by atoms with Crippen LogP contribution in [0.1, 0.15) is 44.7 Å². The number of hydrogen-bond acceptors (Lipinski definition) is 4. The van der Waals surface area contributed by atoms with Crippen LogP contribution >= 0.6 is 23.2 Å². The SMILES string of the molecule is CCNC(=O)C(C)N(Cc1ccc(Cl)c(Cl)c1)C(=O)CN(c1ccccc1C(C)C)S(C)(=O)=O. The molecule has 0 spiro atoms. The van der Waals surface area contributed by atoms with E-state index in [4.69, 9.17) is 23.2 Å². The van der Waals surface area contributed by atoms with Crippen molar-refractivity contribution in [2.24, 2.45) is 0 Å². The number of sulfonamides is 1. The van der Waals surface area contributed by atoms with E-state index in [0.717, 1.165) is 16.1 Å². The molecule has 0 aromatic heterocycles. The van der Waals surface area contributed by atoms with E-state index in [1.54, 1.807) is 44.2 Å². The molecular weight excluding hydrogens is 497 g/mol. The van der Waals surface area contributed by atoms with Crippen LogP contribution < -0.4 is 9.62 Å². The fourth-order valence-electron chi connectivity index (χ4n) is 3.54. The summed E-state index contributed by atoms with van der Waals surface area (Å²) >= 11 is 12.1. The van der Waals surface area contributed by atoms with Gasteiger partial charge in [-0.05, 0) is 49.1 Å². The molecule has 10 heteroatoms. The van der Waals surface area contributed by atoms with Crippen LogP contribution in [-0.2, 0) is 26.2 Å². The number of nitrogens with zero attached hydrogens (tertiary/aromatic N) is 2. The average Bonchev–Trinajstić information content (AvgIpc) is 2.76. The Morgan fingerprint density at radius 1 is 1.03 bits per heavy atom. The summed E-state index contributed by atoms with van der Waals surface area (Å²) in [6, 6.07) is 11.2.